The van der Waals surface area contributed by atoms with Gasteiger partial charge in [-0.2, -0.15) is 0 Å². The summed E-state index contributed by atoms with van der Waals surface area (Å²) in [6.45, 7) is 7.52. The highest BCUT2D eigenvalue weighted by molar-refractivity contribution is 7.09. The number of carbonyl (C=O) groups is 1. The lowest BCUT2D eigenvalue weighted by Gasteiger charge is -2.35. The summed E-state index contributed by atoms with van der Waals surface area (Å²) in [4.78, 5) is 18.4. The van der Waals surface area contributed by atoms with E-state index in [0.29, 0.717) is 19.0 Å². The fourth-order valence-electron chi connectivity index (χ4n) is 2.30. The predicted octanol–water partition coefficient (Wildman–Crippen LogP) is 1.30. The summed E-state index contributed by atoms with van der Waals surface area (Å²) in [6, 6.07) is 0.509. The van der Waals surface area contributed by atoms with Gasteiger partial charge in [-0.1, -0.05) is 0 Å². The highest BCUT2D eigenvalue weighted by atomic mass is 32.1. The monoisotopic (exact) mass is 297 g/mol. The Morgan fingerprint density at radius 2 is 2.50 bits per heavy atom. The second-order valence-corrected chi connectivity index (χ2v) is 6.29. The number of nitrogens with zero attached hydrogens (tertiary/aromatic N) is 2. The molecular weight excluding hydrogens is 274 g/mol. The van der Waals surface area contributed by atoms with Crippen molar-refractivity contribution in [2.45, 2.75) is 38.8 Å². The first-order chi connectivity index (χ1) is 9.65. The molecule has 1 fully saturated rings. The Bertz CT molecular complexity index is 409. The minimum Gasteiger partial charge on any atom is -0.375 e. The second kappa shape index (κ2) is 7.71. The van der Waals surface area contributed by atoms with Crippen molar-refractivity contribution in [3.63, 3.8) is 0 Å². The van der Waals surface area contributed by atoms with E-state index in [4.69, 9.17) is 4.74 Å². The van der Waals surface area contributed by atoms with Crippen molar-refractivity contribution in [3.8, 4) is 0 Å². The third-order valence-corrected chi connectivity index (χ3v) is 4.30. The number of thiazole rings is 1. The van der Waals surface area contributed by atoms with Crippen molar-refractivity contribution in [3.05, 3.63) is 16.6 Å². The fourth-order valence-corrected chi connectivity index (χ4v) is 2.92. The minimum atomic E-state index is 0.0195. The molecule has 112 valence electrons. The van der Waals surface area contributed by atoms with Gasteiger partial charge in [0, 0.05) is 43.7 Å². The SMILES string of the molecule is CC(C)N1CCO[C@H](CC(=O)NCCc2nccs2)C1. The van der Waals surface area contributed by atoms with Gasteiger partial charge >= 0.3 is 0 Å². The van der Waals surface area contributed by atoms with Gasteiger partial charge < -0.3 is 10.1 Å². The standard InChI is InChI=1S/C14H23N3O2S/c1-11(2)17-6-7-19-12(10-17)9-13(18)15-4-3-14-16-5-8-20-14/h5,8,11-12H,3-4,6-7,9-10H2,1-2H3,(H,15,18)/t12-/m1/s1. The predicted molar refractivity (Wildman–Crippen MR) is 79.9 cm³/mol. The Kier molecular flexibility index (Phi) is 5.94. The van der Waals surface area contributed by atoms with Crippen LogP contribution >= 0.6 is 11.3 Å². The van der Waals surface area contributed by atoms with E-state index in [-0.39, 0.29) is 12.0 Å². The van der Waals surface area contributed by atoms with Crippen molar-refractivity contribution in [2.24, 2.45) is 0 Å². The molecule has 5 nitrogen and oxygen atoms in total. The first-order valence-corrected chi connectivity index (χ1v) is 8.04. The molecule has 0 aromatic carbocycles. The average molecular weight is 297 g/mol. The van der Waals surface area contributed by atoms with Crippen LogP contribution in [-0.2, 0) is 16.0 Å². The van der Waals surface area contributed by atoms with E-state index in [0.717, 1.165) is 31.1 Å². The zero-order chi connectivity index (χ0) is 14.4. The minimum absolute atomic E-state index is 0.0195. The molecule has 1 aliphatic heterocycles. The number of carbonyl (C=O) groups excluding carboxylic acids is 1. The molecule has 1 aromatic heterocycles. The Balaban J connectivity index is 1.66. The van der Waals surface area contributed by atoms with Crippen LogP contribution in [0.25, 0.3) is 0 Å². The van der Waals surface area contributed by atoms with Crippen molar-refractivity contribution in [2.75, 3.05) is 26.2 Å². The Labute approximate surface area is 124 Å². The third kappa shape index (κ3) is 4.85. The lowest BCUT2D eigenvalue weighted by molar-refractivity contribution is -0.126. The van der Waals surface area contributed by atoms with Gasteiger partial charge in [0.15, 0.2) is 0 Å². The molecule has 1 atom stereocenters. The molecule has 0 bridgehead atoms. The van der Waals surface area contributed by atoms with Gasteiger partial charge in [0.05, 0.1) is 24.1 Å². The third-order valence-electron chi connectivity index (χ3n) is 3.46. The van der Waals surface area contributed by atoms with Gasteiger partial charge in [-0.15, -0.1) is 11.3 Å². The first kappa shape index (κ1) is 15.4. The number of rotatable bonds is 6. The van der Waals surface area contributed by atoms with Crippen LogP contribution in [-0.4, -0.2) is 54.2 Å². The molecule has 1 saturated heterocycles. The van der Waals surface area contributed by atoms with Crippen LogP contribution in [0.3, 0.4) is 0 Å². The maximum absolute atomic E-state index is 11.9. The molecule has 2 rings (SSSR count). The molecule has 1 N–H and O–H groups in total. The largest absolute Gasteiger partial charge is 0.375 e. The highest BCUT2D eigenvalue weighted by Gasteiger charge is 2.24. The number of hydrogen-bond acceptors (Lipinski definition) is 5. The van der Waals surface area contributed by atoms with Gasteiger partial charge in [-0.05, 0) is 13.8 Å². The highest BCUT2D eigenvalue weighted by Crippen LogP contribution is 2.11. The van der Waals surface area contributed by atoms with Crippen LogP contribution in [0, 0.1) is 0 Å². The molecule has 2 heterocycles. The van der Waals surface area contributed by atoms with Gasteiger partial charge in [0.25, 0.3) is 0 Å². The molecule has 1 aromatic rings. The van der Waals surface area contributed by atoms with Crippen LogP contribution < -0.4 is 5.32 Å². The Hall–Kier alpha value is -0.980. The Morgan fingerprint density at radius 3 is 3.20 bits per heavy atom. The van der Waals surface area contributed by atoms with Crippen LogP contribution in [0.1, 0.15) is 25.3 Å². The molecule has 20 heavy (non-hydrogen) atoms. The number of aromatic nitrogens is 1. The van der Waals surface area contributed by atoms with E-state index in [1.54, 1.807) is 17.5 Å². The van der Waals surface area contributed by atoms with Crippen molar-refractivity contribution < 1.29 is 9.53 Å². The maximum atomic E-state index is 11.9. The van der Waals surface area contributed by atoms with E-state index in [1.165, 1.54) is 0 Å². The molecule has 0 saturated carbocycles. The van der Waals surface area contributed by atoms with E-state index < -0.39 is 0 Å². The topological polar surface area (TPSA) is 54.5 Å². The quantitative estimate of drug-likeness (QED) is 0.860. The van der Waals surface area contributed by atoms with Gasteiger partial charge in [0.2, 0.25) is 5.91 Å². The lowest BCUT2D eigenvalue weighted by Crippen LogP contribution is -2.47. The van der Waals surface area contributed by atoms with Crippen molar-refractivity contribution in [1.82, 2.24) is 15.2 Å². The average Bonchev–Trinajstić information content (AvgIpc) is 2.92. The number of morpholine rings is 1. The molecule has 1 amide bonds. The van der Waals surface area contributed by atoms with Crippen molar-refractivity contribution >= 4 is 17.2 Å². The zero-order valence-electron chi connectivity index (χ0n) is 12.2. The summed E-state index contributed by atoms with van der Waals surface area (Å²) in [5, 5.41) is 5.95. The molecule has 0 aliphatic carbocycles. The second-order valence-electron chi connectivity index (χ2n) is 5.31. The number of amides is 1. The molecular formula is C14H23N3O2S. The van der Waals surface area contributed by atoms with Crippen LogP contribution in [0.15, 0.2) is 11.6 Å². The van der Waals surface area contributed by atoms with Crippen LogP contribution in [0.4, 0.5) is 0 Å². The van der Waals surface area contributed by atoms with Gasteiger partial charge in [-0.3, -0.25) is 9.69 Å². The molecule has 0 radical (unpaired) electrons. The van der Waals surface area contributed by atoms with Gasteiger partial charge in [0.1, 0.15) is 0 Å². The number of hydrogen-bond donors (Lipinski definition) is 1. The Morgan fingerprint density at radius 1 is 1.65 bits per heavy atom. The molecule has 0 unspecified atom stereocenters. The summed E-state index contributed by atoms with van der Waals surface area (Å²) < 4.78 is 5.67. The van der Waals surface area contributed by atoms with Crippen LogP contribution in [0.5, 0.6) is 0 Å². The molecule has 0 spiro atoms. The summed E-state index contributed by atoms with van der Waals surface area (Å²) in [6.07, 6.45) is 3.05. The first-order valence-electron chi connectivity index (χ1n) is 7.16. The van der Waals surface area contributed by atoms with Crippen molar-refractivity contribution in [1.29, 1.82) is 0 Å². The van der Waals surface area contributed by atoms with E-state index >= 15 is 0 Å². The molecule has 6 heteroatoms. The number of ether oxygens (including phenoxy) is 1. The van der Waals surface area contributed by atoms with E-state index in [9.17, 15) is 4.79 Å². The zero-order valence-corrected chi connectivity index (χ0v) is 13.0. The summed E-state index contributed by atoms with van der Waals surface area (Å²) >= 11 is 1.62. The summed E-state index contributed by atoms with van der Waals surface area (Å²) in [5.74, 6) is 0.0668. The fraction of sp³-hybridized carbons (Fsp3) is 0.714. The van der Waals surface area contributed by atoms with Crippen LogP contribution in [0.2, 0.25) is 0 Å². The summed E-state index contributed by atoms with van der Waals surface area (Å²) in [5.41, 5.74) is 0. The van der Waals surface area contributed by atoms with Gasteiger partial charge in [-0.25, -0.2) is 4.98 Å². The number of nitrogens with one attached hydrogen (secondary N) is 1. The van der Waals surface area contributed by atoms with E-state index in [2.05, 4.69) is 29.0 Å². The smallest absolute Gasteiger partial charge is 0.222 e. The maximum Gasteiger partial charge on any atom is 0.222 e. The summed E-state index contributed by atoms with van der Waals surface area (Å²) in [7, 11) is 0. The molecule has 1 aliphatic rings. The lowest BCUT2D eigenvalue weighted by atomic mass is 10.1. The van der Waals surface area contributed by atoms with E-state index in [1.807, 2.05) is 5.38 Å². The normalized spacial score (nSPS) is 20.2.